The normalized spacial score (nSPS) is 9.94. The molecule has 0 bridgehead atoms. The number of carbonyl (C=O) groups excluding carboxylic acids is 2. The van der Waals surface area contributed by atoms with Gasteiger partial charge in [0.05, 0.1) is 6.54 Å². The molecule has 0 heterocycles. The van der Waals surface area contributed by atoms with Gasteiger partial charge in [0, 0.05) is 0 Å². The van der Waals surface area contributed by atoms with Gasteiger partial charge in [-0.05, 0) is 23.6 Å². The second kappa shape index (κ2) is 5.90. The van der Waals surface area contributed by atoms with Gasteiger partial charge in [-0.2, -0.15) is 0 Å². The highest BCUT2D eigenvalue weighted by molar-refractivity contribution is 5.73. The molecular weight excluding hydrogens is 206 g/mol. The highest BCUT2D eigenvalue weighted by Crippen LogP contribution is 2.19. The molecule has 0 unspecified atom stereocenters. The second-order valence-electron chi connectivity index (χ2n) is 3.66. The third kappa shape index (κ3) is 3.73. The molecule has 0 spiro atoms. The minimum atomic E-state index is -0.618. The van der Waals surface area contributed by atoms with E-state index in [-0.39, 0.29) is 6.54 Å². The van der Waals surface area contributed by atoms with E-state index in [1.165, 1.54) is 0 Å². The van der Waals surface area contributed by atoms with Gasteiger partial charge in [-0.15, -0.1) is 0 Å². The van der Waals surface area contributed by atoms with Gasteiger partial charge in [-0.3, -0.25) is 0 Å². The lowest BCUT2D eigenvalue weighted by Gasteiger charge is -2.08. The van der Waals surface area contributed by atoms with Gasteiger partial charge in [0.25, 0.3) is 0 Å². The Hall–Kier alpha value is -1.84. The van der Waals surface area contributed by atoms with E-state index in [9.17, 15) is 9.59 Å². The lowest BCUT2D eigenvalue weighted by Crippen LogP contribution is -2.28. The van der Waals surface area contributed by atoms with Gasteiger partial charge in [-0.1, -0.05) is 26.0 Å². The van der Waals surface area contributed by atoms with E-state index in [1.54, 1.807) is 6.07 Å². The second-order valence-corrected chi connectivity index (χ2v) is 3.66. The Morgan fingerprint density at radius 1 is 1.50 bits per heavy atom. The number of aldehydes is 1. The third-order valence-corrected chi connectivity index (χ3v) is 2.07. The molecule has 0 aliphatic heterocycles. The molecule has 0 aliphatic carbocycles. The van der Waals surface area contributed by atoms with E-state index in [1.807, 2.05) is 18.2 Å². The number of ether oxygens (including phenoxy) is 1. The maximum Gasteiger partial charge on any atom is 0.412 e. The van der Waals surface area contributed by atoms with Crippen LogP contribution in [0.15, 0.2) is 24.3 Å². The third-order valence-electron chi connectivity index (χ3n) is 2.07. The number of amides is 1. The van der Waals surface area contributed by atoms with Crippen LogP contribution in [0.4, 0.5) is 4.79 Å². The first kappa shape index (κ1) is 12.2. The summed E-state index contributed by atoms with van der Waals surface area (Å²) in [4.78, 5) is 21.2. The lowest BCUT2D eigenvalue weighted by atomic mass is 10.0. The Labute approximate surface area is 94.6 Å². The van der Waals surface area contributed by atoms with Crippen LogP contribution in [0.3, 0.4) is 0 Å². The average Bonchev–Trinajstić information content (AvgIpc) is 2.26. The van der Waals surface area contributed by atoms with Gasteiger partial charge >= 0.3 is 6.09 Å². The SMILES string of the molecule is CC(C)c1cccc(OC(=O)NCC=O)c1. The zero-order chi connectivity index (χ0) is 12.0. The van der Waals surface area contributed by atoms with Crippen LogP contribution >= 0.6 is 0 Å². The summed E-state index contributed by atoms with van der Waals surface area (Å²) in [6, 6.07) is 7.32. The summed E-state index contributed by atoms with van der Waals surface area (Å²) in [5, 5.41) is 2.30. The summed E-state index contributed by atoms with van der Waals surface area (Å²) < 4.78 is 5.00. The van der Waals surface area contributed by atoms with Crippen LogP contribution in [0.25, 0.3) is 0 Å². The van der Waals surface area contributed by atoms with Gasteiger partial charge in [0.1, 0.15) is 12.0 Å². The van der Waals surface area contributed by atoms with Crippen LogP contribution in [0.1, 0.15) is 25.3 Å². The number of rotatable bonds is 4. The number of benzene rings is 1. The summed E-state index contributed by atoms with van der Waals surface area (Å²) >= 11 is 0. The summed E-state index contributed by atoms with van der Waals surface area (Å²) in [6.45, 7) is 4.08. The van der Waals surface area contributed by atoms with Crippen molar-refractivity contribution in [3.63, 3.8) is 0 Å². The van der Waals surface area contributed by atoms with Crippen LogP contribution < -0.4 is 10.1 Å². The van der Waals surface area contributed by atoms with Crippen molar-refractivity contribution in [2.45, 2.75) is 19.8 Å². The van der Waals surface area contributed by atoms with Crippen molar-refractivity contribution >= 4 is 12.4 Å². The molecule has 1 N–H and O–H groups in total. The molecular formula is C12H15NO3. The zero-order valence-electron chi connectivity index (χ0n) is 9.40. The maximum absolute atomic E-state index is 11.2. The summed E-state index contributed by atoms with van der Waals surface area (Å²) in [5.41, 5.74) is 1.10. The molecule has 86 valence electrons. The largest absolute Gasteiger partial charge is 0.412 e. The first-order valence-corrected chi connectivity index (χ1v) is 5.12. The fraction of sp³-hybridized carbons (Fsp3) is 0.333. The standard InChI is InChI=1S/C12H15NO3/c1-9(2)10-4-3-5-11(8-10)16-12(15)13-6-7-14/h3-5,7-9H,6H2,1-2H3,(H,13,15). The molecule has 1 aromatic rings. The van der Waals surface area contributed by atoms with Crippen molar-refractivity contribution < 1.29 is 14.3 Å². The van der Waals surface area contributed by atoms with Gasteiger partial charge in [0.15, 0.2) is 0 Å². The molecule has 0 aliphatic rings. The Kier molecular flexibility index (Phi) is 4.51. The van der Waals surface area contributed by atoms with Gasteiger partial charge in [-0.25, -0.2) is 4.79 Å². The molecule has 0 saturated carbocycles. The molecule has 1 amide bonds. The van der Waals surface area contributed by atoms with E-state index in [2.05, 4.69) is 19.2 Å². The minimum Gasteiger partial charge on any atom is -0.410 e. The van der Waals surface area contributed by atoms with Crippen molar-refractivity contribution in [1.82, 2.24) is 5.32 Å². The Balaban J connectivity index is 2.63. The number of hydrogen-bond acceptors (Lipinski definition) is 3. The van der Waals surface area contributed by atoms with E-state index in [0.717, 1.165) is 5.56 Å². The zero-order valence-corrected chi connectivity index (χ0v) is 9.40. The van der Waals surface area contributed by atoms with Crippen molar-refractivity contribution in [2.75, 3.05) is 6.54 Å². The highest BCUT2D eigenvalue weighted by atomic mass is 16.6. The first-order chi connectivity index (χ1) is 7.63. The van der Waals surface area contributed by atoms with E-state index < -0.39 is 6.09 Å². The van der Waals surface area contributed by atoms with Crippen LogP contribution in [0.5, 0.6) is 5.75 Å². The minimum absolute atomic E-state index is 0.0390. The number of carbonyl (C=O) groups is 2. The Bertz CT molecular complexity index is 374. The Morgan fingerprint density at radius 2 is 2.25 bits per heavy atom. The Morgan fingerprint density at radius 3 is 2.88 bits per heavy atom. The first-order valence-electron chi connectivity index (χ1n) is 5.12. The summed E-state index contributed by atoms with van der Waals surface area (Å²) in [6.07, 6.45) is -0.0146. The quantitative estimate of drug-likeness (QED) is 0.792. The molecule has 0 aromatic heterocycles. The van der Waals surface area contributed by atoms with Crippen molar-refractivity contribution in [2.24, 2.45) is 0 Å². The predicted octanol–water partition coefficient (Wildman–Crippen LogP) is 2.10. The topological polar surface area (TPSA) is 55.4 Å². The van der Waals surface area contributed by atoms with Crippen molar-refractivity contribution in [1.29, 1.82) is 0 Å². The number of nitrogens with one attached hydrogen (secondary N) is 1. The van der Waals surface area contributed by atoms with Crippen LogP contribution in [-0.2, 0) is 4.79 Å². The molecule has 4 heteroatoms. The van der Waals surface area contributed by atoms with Crippen LogP contribution in [0.2, 0.25) is 0 Å². The van der Waals surface area contributed by atoms with Crippen molar-refractivity contribution in [3.8, 4) is 5.75 Å². The van der Waals surface area contributed by atoms with Gasteiger partial charge in [0.2, 0.25) is 0 Å². The molecule has 1 rings (SSSR count). The van der Waals surface area contributed by atoms with E-state index in [0.29, 0.717) is 18.0 Å². The van der Waals surface area contributed by atoms with Crippen LogP contribution in [0, 0.1) is 0 Å². The number of hydrogen-bond donors (Lipinski definition) is 1. The average molecular weight is 221 g/mol. The highest BCUT2D eigenvalue weighted by Gasteiger charge is 2.05. The van der Waals surface area contributed by atoms with Gasteiger partial charge < -0.3 is 14.8 Å². The molecule has 1 aromatic carbocycles. The predicted molar refractivity (Wildman–Crippen MR) is 60.6 cm³/mol. The molecule has 0 saturated heterocycles. The molecule has 16 heavy (non-hydrogen) atoms. The van der Waals surface area contributed by atoms with E-state index >= 15 is 0 Å². The fourth-order valence-corrected chi connectivity index (χ4v) is 1.21. The van der Waals surface area contributed by atoms with Crippen molar-refractivity contribution in [3.05, 3.63) is 29.8 Å². The molecule has 4 nitrogen and oxygen atoms in total. The fourth-order valence-electron chi connectivity index (χ4n) is 1.21. The molecule has 0 radical (unpaired) electrons. The van der Waals surface area contributed by atoms with E-state index in [4.69, 9.17) is 4.74 Å². The molecule has 0 fully saturated rings. The maximum atomic E-state index is 11.2. The summed E-state index contributed by atoms with van der Waals surface area (Å²) in [7, 11) is 0. The lowest BCUT2D eigenvalue weighted by molar-refractivity contribution is -0.107. The monoisotopic (exact) mass is 221 g/mol. The summed E-state index contributed by atoms with van der Waals surface area (Å²) in [5.74, 6) is 0.858. The van der Waals surface area contributed by atoms with Crippen LogP contribution in [-0.4, -0.2) is 18.9 Å². The smallest absolute Gasteiger partial charge is 0.410 e. The molecule has 0 atom stereocenters.